The fourth-order valence-corrected chi connectivity index (χ4v) is 3.28. The van der Waals surface area contributed by atoms with Crippen LogP contribution >= 0.6 is 11.8 Å². The predicted octanol–water partition coefficient (Wildman–Crippen LogP) is 1.29. The van der Waals surface area contributed by atoms with Crippen LogP contribution in [0.3, 0.4) is 0 Å². The zero-order valence-electron chi connectivity index (χ0n) is 15.0. The summed E-state index contributed by atoms with van der Waals surface area (Å²) < 4.78 is 7.08. The number of aromatic amines is 1. The van der Waals surface area contributed by atoms with Gasteiger partial charge in [-0.25, -0.2) is 9.89 Å². The molecule has 0 radical (unpaired) electrons. The molecule has 3 unspecified atom stereocenters. The van der Waals surface area contributed by atoms with Crippen LogP contribution in [0.25, 0.3) is 0 Å². The SMILES string of the molecule is CC(Sc1n[nH]c(=O)n1CC1CCCO1)C(=O)NC(C)(C#N)C(C)C. The number of nitriles is 1. The van der Waals surface area contributed by atoms with Crippen molar-refractivity contribution in [2.45, 2.75) is 69.1 Å². The third-order valence-corrected chi connectivity index (χ3v) is 5.64. The minimum Gasteiger partial charge on any atom is -0.376 e. The average Bonchev–Trinajstić information content (AvgIpc) is 3.19. The second kappa shape index (κ2) is 8.06. The lowest BCUT2D eigenvalue weighted by atomic mass is 9.90. The van der Waals surface area contributed by atoms with Gasteiger partial charge >= 0.3 is 5.69 Å². The zero-order chi connectivity index (χ0) is 18.6. The summed E-state index contributed by atoms with van der Waals surface area (Å²) in [5.74, 6) is -0.288. The van der Waals surface area contributed by atoms with Gasteiger partial charge in [-0.1, -0.05) is 25.6 Å². The van der Waals surface area contributed by atoms with Crippen molar-refractivity contribution >= 4 is 17.7 Å². The number of hydrogen-bond donors (Lipinski definition) is 2. The summed E-state index contributed by atoms with van der Waals surface area (Å²) >= 11 is 1.19. The number of ether oxygens (including phenoxy) is 1. The van der Waals surface area contributed by atoms with Crippen molar-refractivity contribution in [2.75, 3.05) is 6.61 Å². The Morgan fingerprint density at radius 3 is 2.88 bits per heavy atom. The van der Waals surface area contributed by atoms with E-state index in [1.54, 1.807) is 13.8 Å². The van der Waals surface area contributed by atoms with Gasteiger partial charge in [0.15, 0.2) is 5.16 Å². The number of rotatable bonds is 7. The molecule has 2 N–H and O–H groups in total. The Labute approximate surface area is 151 Å². The molecule has 0 saturated carbocycles. The van der Waals surface area contributed by atoms with Gasteiger partial charge in [-0.3, -0.25) is 9.36 Å². The molecule has 2 rings (SSSR count). The highest BCUT2D eigenvalue weighted by Gasteiger charge is 2.32. The maximum Gasteiger partial charge on any atom is 0.344 e. The van der Waals surface area contributed by atoms with E-state index < -0.39 is 10.8 Å². The van der Waals surface area contributed by atoms with Crippen molar-refractivity contribution in [3.8, 4) is 6.07 Å². The smallest absolute Gasteiger partial charge is 0.344 e. The van der Waals surface area contributed by atoms with E-state index in [0.717, 1.165) is 12.8 Å². The Morgan fingerprint density at radius 1 is 1.60 bits per heavy atom. The number of carbonyl (C=O) groups excluding carboxylic acids is 1. The number of aromatic nitrogens is 3. The number of nitrogens with one attached hydrogen (secondary N) is 2. The van der Waals surface area contributed by atoms with Gasteiger partial charge in [-0.2, -0.15) is 5.26 Å². The maximum atomic E-state index is 12.5. The van der Waals surface area contributed by atoms with E-state index in [2.05, 4.69) is 21.6 Å². The van der Waals surface area contributed by atoms with Crippen LogP contribution in [-0.2, 0) is 16.1 Å². The molecule has 3 atom stereocenters. The molecule has 138 valence electrons. The first-order valence-corrected chi connectivity index (χ1v) is 9.31. The molecule has 1 aliphatic rings. The quantitative estimate of drug-likeness (QED) is 0.702. The average molecular weight is 367 g/mol. The van der Waals surface area contributed by atoms with E-state index in [0.29, 0.717) is 18.3 Å². The van der Waals surface area contributed by atoms with E-state index in [-0.39, 0.29) is 23.6 Å². The van der Waals surface area contributed by atoms with Crippen molar-refractivity contribution in [2.24, 2.45) is 5.92 Å². The molecule has 1 fully saturated rings. The molecule has 0 bridgehead atoms. The molecule has 1 aromatic heterocycles. The third-order valence-electron chi connectivity index (χ3n) is 4.55. The van der Waals surface area contributed by atoms with Crippen LogP contribution in [0.5, 0.6) is 0 Å². The lowest BCUT2D eigenvalue weighted by Crippen LogP contribution is -2.51. The van der Waals surface area contributed by atoms with Crippen LogP contribution in [0.1, 0.15) is 40.5 Å². The van der Waals surface area contributed by atoms with Crippen molar-refractivity contribution in [3.05, 3.63) is 10.5 Å². The van der Waals surface area contributed by atoms with Gasteiger partial charge in [0.05, 0.1) is 24.0 Å². The number of carbonyl (C=O) groups is 1. The standard InChI is InChI=1S/C16H25N5O3S/c1-10(2)16(4,9-17)18-13(22)11(3)25-15-20-19-14(23)21(15)8-12-6-5-7-24-12/h10-12H,5-8H2,1-4H3,(H,18,22)(H,19,23). The van der Waals surface area contributed by atoms with Gasteiger partial charge in [-0.05, 0) is 32.6 Å². The monoisotopic (exact) mass is 367 g/mol. The van der Waals surface area contributed by atoms with Crippen molar-refractivity contribution in [1.29, 1.82) is 5.26 Å². The van der Waals surface area contributed by atoms with E-state index in [4.69, 9.17) is 4.74 Å². The van der Waals surface area contributed by atoms with Gasteiger partial charge in [0, 0.05) is 6.61 Å². The van der Waals surface area contributed by atoms with Crippen LogP contribution in [0.15, 0.2) is 9.95 Å². The van der Waals surface area contributed by atoms with Crippen LogP contribution in [0.2, 0.25) is 0 Å². The zero-order valence-corrected chi connectivity index (χ0v) is 15.9. The van der Waals surface area contributed by atoms with Crippen LogP contribution in [0.4, 0.5) is 0 Å². The summed E-state index contributed by atoms with van der Waals surface area (Å²) in [6.45, 7) is 8.33. The Kier molecular flexibility index (Phi) is 6.30. The number of hydrogen-bond acceptors (Lipinski definition) is 6. The largest absolute Gasteiger partial charge is 0.376 e. The van der Waals surface area contributed by atoms with E-state index >= 15 is 0 Å². The fraction of sp³-hybridized carbons (Fsp3) is 0.750. The lowest BCUT2D eigenvalue weighted by Gasteiger charge is -2.28. The molecular formula is C16H25N5O3S. The fourth-order valence-electron chi connectivity index (χ4n) is 2.42. The summed E-state index contributed by atoms with van der Waals surface area (Å²) in [6, 6.07) is 2.16. The summed E-state index contributed by atoms with van der Waals surface area (Å²) in [5, 5.41) is 18.5. The van der Waals surface area contributed by atoms with Crippen LogP contribution in [-0.4, -0.2) is 44.2 Å². The molecule has 2 heterocycles. The summed E-state index contributed by atoms with van der Waals surface area (Å²) in [5.41, 5.74) is -1.25. The Hall–Kier alpha value is -1.79. The minimum atomic E-state index is -0.936. The van der Waals surface area contributed by atoms with Gasteiger partial charge in [0.1, 0.15) is 5.54 Å². The van der Waals surface area contributed by atoms with Crippen molar-refractivity contribution in [3.63, 3.8) is 0 Å². The Morgan fingerprint density at radius 2 is 2.32 bits per heavy atom. The molecule has 0 spiro atoms. The number of nitrogens with zero attached hydrogens (tertiary/aromatic N) is 3. The molecule has 1 aromatic rings. The highest BCUT2D eigenvalue weighted by atomic mass is 32.2. The second-order valence-electron chi connectivity index (χ2n) is 6.78. The first-order chi connectivity index (χ1) is 11.8. The molecule has 1 aliphatic heterocycles. The third kappa shape index (κ3) is 4.64. The molecule has 1 saturated heterocycles. The number of thioether (sulfide) groups is 1. The van der Waals surface area contributed by atoms with Crippen molar-refractivity contribution < 1.29 is 9.53 Å². The van der Waals surface area contributed by atoms with E-state index in [9.17, 15) is 14.9 Å². The predicted molar refractivity (Wildman–Crippen MR) is 94.1 cm³/mol. The molecular weight excluding hydrogens is 342 g/mol. The van der Waals surface area contributed by atoms with Gasteiger partial charge in [0.2, 0.25) is 5.91 Å². The van der Waals surface area contributed by atoms with Crippen LogP contribution < -0.4 is 11.0 Å². The van der Waals surface area contributed by atoms with E-state index in [1.807, 2.05) is 13.8 Å². The summed E-state index contributed by atoms with van der Waals surface area (Å²) in [4.78, 5) is 24.4. The second-order valence-corrected chi connectivity index (χ2v) is 8.08. The number of H-pyrrole nitrogens is 1. The van der Waals surface area contributed by atoms with Gasteiger partial charge in [-0.15, -0.1) is 5.10 Å². The summed E-state index contributed by atoms with van der Waals surface area (Å²) in [6.07, 6.45) is 1.90. The highest BCUT2D eigenvalue weighted by Crippen LogP contribution is 2.23. The maximum absolute atomic E-state index is 12.5. The molecule has 1 amide bonds. The molecule has 8 nitrogen and oxygen atoms in total. The normalized spacial score (nSPS) is 20.9. The lowest BCUT2D eigenvalue weighted by molar-refractivity contribution is -0.121. The van der Waals surface area contributed by atoms with Crippen molar-refractivity contribution in [1.82, 2.24) is 20.1 Å². The Bertz CT molecular complexity index is 701. The molecule has 0 aromatic carbocycles. The minimum absolute atomic E-state index is 0.00149. The topological polar surface area (TPSA) is 113 Å². The Balaban J connectivity index is 2.05. The first-order valence-electron chi connectivity index (χ1n) is 8.43. The molecule has 9 heteroatoms. The van der Waals surface area contributed by atoms with Gasteiger partial charge < -0.3 is 10.1 Å². The molecule has 25 heavy (non-hydrogen) atoms. The first kappa shape index (κ1) is 19.5. The van der Waals surface area contributed by atoms with E-state index in [1.165, 1.54) is 16.3 Å². The molecule has 0 aliphatic carbocycles. The summed E-state index contributed by atoms with van der Waals surface area (Å²) in [7, 11) is 0. The highest BCUT2D eigenvalue weighted by molar-refractivity contribution is 8.00. The number of amides is 1. The van der Waals surface area contributed by atoms with Crippen LogP contribution in [0, 0.1) is 17.2 Å². The van der Waals surface area contributed by atoms with Gasteiger partial charge in [0.25, 0.3) is 0 Å².